The second-order valence-electron chi connectivity index (χ2n) is 5.29. The highest BCUT2D eigenvalue weighted by Gasteiger charge is 2.28. The van der Waals surface area contributed by atoms with Gasteiger partial charge in [-0.3, -0.25) is 4.79 Å². The zero-order chi connectivity index (χ0) is 13.5. The standard InChI is InChI=1S/C15H26N2O/c1-4-7-13(8-5-2)15(18)17-10-6-9-14(11-17)12(3)16/h4-5,12-14H,1-2,6-11,16H2,3H3. The van der Waals surface area contributed by atoms with Gasteiger partial charge in [-0.15, -0.1) is 13.2 Å². The maximum Gasteiger partial charge on any atom is 0.226 e. The Hall–Kier alpha value is -1.09. The molecule has 1 fully saturated rings. The average molecular weight is 250 g/mol. The van der Waals surface area contributed by atoms with Crippen molar-refractivity contribution in [1.29, 1.82) is 0 Å². The summed E-state index contributed by atoms with van der Waals surface area (Å²) in [7, 11) is 0. The van der Waals surface area contributed by atoms with E-state index in [4.69, 9.17) is 5.73 Å². The van der Waals surface area contributed by atoms with Crippen LogP contribution in [0.25, 0.3) is 0 Å². The number of nitrogens with zero attached hydrogens (tertiary/aromatic N) is 1. The van der Waals surface area contributed by atoms with Gasteiger partial charge in [-0.05, 0) is 38.5 Å². The molecule has 18 heavy (non-hydrogen) atoms. The summed E-state index contributed by atoms with van der Waals surface area (Å²) in [6.07, 6.45) is 7.29. The highest BCUT2D eigenvalue weighted by Crippen LogP contribution is 2.22. The highest BCUT2D eigenvalue weighted by molar-refractivity contribution is 5.79. The minimum absolute atomic E-state index is 0.00632. The number of likely N-dealkylation sites (tertiary alicyclic amines) is 1. The van der Waals surface area contributed by atoms with E-state index in [9.17, 15) is 4.79 Å². The fraction of sp³-hybridized carbons (Fsp3) is 0.667. The molecule has 0 bridgehead atoms. The second-order valence-corrected chi connectivity index (χ2v) is 5.29. The number of allylic oxidation sites excluding steroid dienone is 2. The van der Waals surface area contributed by atoms with Crippen molar-refractivity contribution in [2.24, 2.45) is 17.6 Å². The second kappa shape index (κ2) is 7.37. The van der Waals surface area contributed by atoms with Crippen molar-refractivity contribution in [3.63, 3.8) is 0 Å². The van der Waals surface area contributed by atoms with Gasteiger partial charge in [-0.25, -0.2) is 0 Å². The van der Waals surface area contributed by atoms with E-state index in [0.717, 1.165) is 38.8 Å². The Morgan fingerprint density at radius 3 is 2.56 bits per heavy atom. The van der Waals surface area contributed by atoms with Crippen LogP contribution in [0.5, 0.6) is 0 Å². The first-order valence-corrected chi connectivity index (χ1v) is 6.86. The van der Waals surface area contributed by atoms with Crippen molar-refractivity contribution in [2.45, 2.75) is 38.6 Å². The molecule has 2 N–H and O–H groups in total. The van der Waals surface area contributed by atoms with Crippen molar-refractivity contribution in [3.8, 4) is 0 Å². The van der Waals surface area contributed by atoms with Crippen LogP contribution in [0.4, 0.5) is 0 Å². The number of nitrogens with two attached hydrogens (primary N) is 1. The zero-order valence-electron chi connectivity index (χ0n) is 11.5. The van der Waals surface area contributed by atoms with E-state index in [0.29, 0.717) is 5.92 Å². The van der Waals surface area contributed by atoms with Crippen LogP contribution in [0.1, 0.15) is 32.6 Å². The Morgan fingerprint density at radius 1 is 1.44 bits per heavy atom. The van der Waals surface area contributed by atoms with Gasteiger partial charge >= 0.3 is 0 Å². The first-order chi connectivity index (χ1) is 8.60. The smallest absolute Gasteiger partial charge is 0.226 e. The molecular formula is C15H26N2O. The summed E-state index contributed by atoms with van der Waals surface area (Å²) < 4.78 is 0. The molecule has 1 amide bonds. The normalized spacial score (nSPS) is 21.7. The van der Waals surface area contributed by atoms with E-state index in [2.05, 4.69) is 13.2 Å². The van der Waals surface area contributed by atoms with Crippen molar-refractivity contribution in [3.05, 3.63) is 25.3 Å². The maximum atomic E-state index is 12.4. The summed E-state index contributed by atoms with van der Waals surface area (Å²) in [6.45, 7) is 11.2. The third kappa shape index (κ3) is 3.98. The average Bonchev–Trinajstić information content (AvgIpc) is 2.38. The molecule has 1 aliphatic rings. The molecule has 0 aromatic heterocycles. The molecule has 1 aliphatic heterocycles. The summed E-state index contributed by atoms with van der Waals surface area (Å²) >= 11 is 0. The van der Waals surface area contributed by atoms with Gasteiger partial charge in [0.1, 0.15) is 0 Å². The van der Waals surface area contributed by atoms with Crippen LogP contribution in [0, 0.1) is 11.8 Å². The van der Waals surface area contributed by atoms with Gasteiger partial charge in [0.15, 0.2) is 0 Å². The third-order valence-electron chi connectivity index (χ3n) is 3.76. The molecule has 3 nitrogen and oxygen atoms in total. The lowest BCUT2D eigenvalue weighted by molar-refractivity contribution is -0.137. The number of carbonyl (C=O) groups is 1. The Bertz CT molecular complexity index is 289. The maximum absolute atomic E-state index is 12.4. The third-order valence-corrected chi connectivity index (χ3v) is 3.76. The SMILES string of the molecule is C=CCC(CC=C)C(=O)N1CCCC(C(C)N)C1. The van der Waals surface area contributed by atoms with Crippen LogP contribution in [-0.2, 0) is 4.79 Å². The molecule has 1 saturated heterocycles. The van der Waals surface area contributed by atoms with Crippen LogP contribution in [0.3, 0.4) is 0 Å². The first kappa shape index (κ1) is 15.0. The number of carbonyl (C=O) groups excluding carboxylic acids is 1. The number of rotatable bonds is 6. The lowest BCUT2D eigenvalue weighted by Gasteiger charge is -2.36. The van der Waals surface area contributed by atoms with Gasteiger partial charge in [-0.1, -0.05) is 12.2 Å². The molecule has 2 unspecified atom stereocenters. The van der Waals surface area contributed by atoms with Gasteiger partial charge < -0.3 is 10.6 Å². The lowest BCUT2D eigenvalue weighted by Crippen LogP contribution is -2.46. The molecule has 0 aromatic carbocycles. The van der Waals surface area contributed by atoms with Crippen molar-refractivity contribution in [2.75, 3.05) is 13.1 Å². The Balaban J connectivity index is 2.63. The molecule has 1 rings (SSSR count). The predicted molar refractivity (Wildman–Crippen MR) is 76.1 cm³/mol. The molecule has 3 heteroatoms. The zero-order valence-corrected chi connectivity index (χ0v) is 11.5. The van der Waals surface area contributed by atoms with E-state index >= 15 is 0 Å². The summed E-state index contributed by atoms with van der Waals surface area (Å²) in [5.41, 5.74) is 5.95. The Labute approximate surface area is 111 Å². The molecule has 0 radical (unpaired) electrons. The van der Waals surface area contributed by atoms with Crippen LogP contribution < -0.4 is 5.73 Å². The minimum Gasteiger partial charge on any atom is -0.342 e. The first-order valence-electron chi connectivity index (χ1n) is 6.86. The topological polar surface area (TPSA) is 46.3 Å². The summed E-state index contributed by atoms with van der Waals surface area (Å²) in [5.74, 6) is 0.683. The van der Waals surface area contributed by atoms with Crippen LogP contribution in [0.15, 0.2) is 25.3 Å². The molecular weight excluding hydrogens is 224 g/mol. The molecule has 0 saturated carbocycles. The van der Waals surface area contributed by atoms with Crippen LogP contribution in [0.2, 0.25) is 0 Å². The Morgan fingerprint density at radius 2 is 2.06 bits per heavy atom. The monoisotopic (exact) mass is 250 g/mol. The van der Waals surface area contributed by atoms with Gasteiger partial charge in [0, 0.05) is 25.0 Å². The van der Waals surface area contributed by atoms with Crippen LogP contribution >= 0.6 is 0 Å². The quantitative estimate of drug-likeness (QED) is 0.735. The fourth-order valence-corrected chi connectivity index (χ4v) is 2.60. The van der Waals surface area contributed by atoms with E-state index < -0.39 is 0 Å². The molecule has 0 aromatic rings. The number of amides is 1. The van der Waals surface area contributed by atoms with E-state index in [1.54, 1.807) is 0 Å². The largest absolute Gasteiger partial charge is 0.342 e. The van der Waals surface area contributed by atoms with E-state index in [1.807, 2.05) is 24.0 Å². The number of piperidine rings is 1. The van der Waals surface area contributed by atoms with Gasteiger partial charge in [0.2, 0.25) is 5.91 Å². The fourth-order valence-electron chi connectivity index (χ4n) is 2.60. The van der Waals surface area contributed by atoms with Crippen molar-refractivity contribution < 1.29 is 4.79 Å². The molecule has 0 spiro atoms. The van der Waals surface area contributed by atoms with Crippen LogP contribution in [-0.4, -0.2) is 29.9 Å². The van der Waals surface area contributed by atoms with Gasteiger partial charge in [-0.2, -0.15) is 0 Å². The number of hydrogen-bond acceptors (Lipinski definition) is 2. The Kier molecular flexibility index (Phi) is 6.13. The summed E-state index contributed by atoms with van der Waals surface area (Å²) in [6, 6.07) is 0.165. The predicted octanol–water partition coefficient (Wildman–Crippen LogP) is 2.34. The molecule has 2 atom stereocenters. The molecule has 1 heterocycles. The minimum atomic E-state index is 0.00632. The summed E-state index contributed by atoms with van der Waals surface area (Å²) in [5, 5.41) is 0. The van der Waals surface area contributed by atoms with E-state index in [-0.39, 0.29) is 17.9 Å². The summed E-state index contributed by atoms with van der Waals surface area (Å²) in [4.78, 5) is 14.4. The molecule has 102 valence electrons. The van der Waals surface area contributed by atoms with Crippen molar-refractivity contribution >= 4 is 5.91 Å². The van der Waals surface area contributed by atoms with E-state index in [1.165, 1.54) is 0 Å². The lowest BCUT2D eigenvalue weighted by atomic mass is 9.90. The number of hydrogen-bond donors (Lipinski definition) is 1. The van der Waals surface area contributed by atoms with Crippen molar-refractivity contribution in [1.82, 2.24) is 4.90 Å². The molecule has 0 aliphatic carbocycles. The van der Waals surface area contributed by atoms with Gasteiger partial charge in [0.25, 0.3) is 0 Å². The van der Waals surface area contributed by atoms with Gasteiger partial charge in [0.05, 0.1) is 0 Å². The highest BCUT2D eigenvalue weighted by atomic mass is 16.2.